The minimum atomic E-state index is -0.838. The first-order chi connectivity index (χ1) is 9.95. The summed E-state index contributed by atoms with van der Waals surface area (Å²) in [5.74, 6) is -1.67. The number of nitrogens with zero attached hydrogens (tertiary/aromatic N) is 1. The van der Waals surface area contributed by atoms with E-state index in [1.54, 1.807) is 24.3 Å². The van der Waals surface area contributed by atoms with E-state index in [-0.39, 0.29) is 0 Å². The maximum absolute atomic E-state index is 13.3. The molecule has 0 bridgehead atoms. The predicted molar refractivity (Wildman–Crippen MR) is 81.2 cm³/mol. The van der Waals surface area contributed by atoms with Crippen molar-refractivity contribution in [1.82, 2.24) is 4.90 Å². The SMILES string of the molecule is Cc1ccsc1CN(Cc1ccc(F)c(F)c1)CC(C)O. The van der Waals surface area contributed by atoms with Crippen molar-refractivity contribution in [2.24, 2.45) is 0 Å². The Morgan fingerprint density at radius 1 is 1.19 bits per heavy atom. The summed E-state index contributed by atoms with van der Waals surface area (Å²) in [4.78, 5) is 3.26. The first kappa shape index (κ1) is 16.1. The number of thiophene rings is 1. The highest BCUT2D eigenvalue weighted by Crippen LogP contribution is 2.20. The summed E-state index contributed by atoms with van der Waals surface area (Å²) in [6, 6.07) is 5.99. The third kappa shape index (κ3) is 4.59. The number of rotatable bonds is 6. The van der Waals surface area contributed by atoms with E-state index >= 15 is 0 Å². The molecule has 2 aromatic rings. The van der Waals surface area contributed by atoms with Gasteiger partial charge in [-0.15, -0.1) is 11.3 Å². The van der Waals surface area contributed by atoms with E-state index in [0.29, 0.717) is 25.2 Å². The minimum Gasteiger partial charge on any atom is -0.392 e. The molecule has 0 saturated carbocycles. The van der Waals surface area contributed by atoms with Gasteiger partial charge in [0.1, 0.15) is 0 Å². The number of halogens is 2. The zero-order chi connectivity index (χ0) is 15.4. The summed E-state index contributed by atoms with van der Waals surface area (Å²) in [6.45, 7) is 5.41. The van der Waals surface area contributed by atoms with Crippen molar-refractivity contribution in [3.05, 3.63) is 57.3 Å². The number of hydrogen-bond donors (Lipinski definition) is 1. The highest BCUT2D eigenvalue weighted by Gasteiger charge is 2.13. The second-order valence-electron chi connectivity index (χ2n) is 5.29. The second-order valence-corrected chi connectivity index (χ2v) is 6.29. The van der Waals surface area contributed by atoms with Crippen LogP contribution in [0.25, 0.3) is 0 Å². The van der Waals surface area contributed by atoms with Crippen LogP contribution in [-0.4, -0.2) is 22.7 Å². The molecule has 1 N–H and O–H groups in total. The molecule has 21 heavy (non-hydrogen) atoms. The molecule has 2 nitrogen and oxygen atoms in total. The summed E-state index contributed by atoms with van der Waals surface area (Å²) >= 11 is 1.66. The molecule has 1 aromatic carbocycles. The van der Waals surface area contributed by atoms with Crippen molar-refractivity contribution in [3.8, 4) is 0 Å². The van der Waals surface area contributed by atoms with Crippen LogP contribution in [0.3, 0.4) is 0 Å². The van der Waals surface area contributed by atoms with E-state index in [0.717, 1.165) is 6.07 Å². The third-order valence-electron chi connectivity index (χ3n) is 3.25. The van der Waals surface area contributed by atoms with E-state index in [4.69, 9.17) is 0 Å². The fraction of sp³-hybridized carbons (Fsp3) is 0.375. The Morgan fingerprint density at radius 3 is 2.52 bits per heavy atom. The molecule has 1 unspecified atom stereocenters. The Bertz CT molecular complexity index is 598. The third-order valence-corrected chi connectivity index (χ3v) is 4.26. The quantitative estimate of drug-likeness (QED) is 0.879. The van der Waals surface area contributed by atoms with Gasteiger partial charge in [0.2, 0.25) is 0 Å². The van der Waals surface area contributed by atoms with Crippen LogP contribution in [0.2, 0.25) is 0 Å². The van der Waals surface area contributed by atoms with Gasteiger partial charge in [0.05, 0.1) is 6.10 Å². The van der Waals surface area contributed by atoms with Gasteiger partial charge >= 0.3 is 0 Å². The Hall–Kier alpha value is -1.30. The van der Waals surface area contributed by atoms with E-state index < -0.39 is 17.7 Å². The Labute approximate surface area is 127 Å². The monoisotopic (exact) mass is 311 g/mol. The van der Waals surface area contributed by atoms with Gasteiger partial charge in [-0.05, 0) is 48.6 Å². The molecule has 0 radical (unpaired) electrons. The van der Waals surface area contributed by atoms with E-state index in [1.165, 1.54) is 16.5 Å². The van der Waals surface area contributed by atoms with Gasteiger partial charge in [-0.3, -0.25) is 4.90 Å². The van der Waals surface area contributed by atoms with Gasteiger partial charge in [0.15, 0.2) is 11.6 Å². The summed E-state index contributed by atoms with van der Waals surface area (Å²) < 4.78 is 26.3. The van der Waals surface area contributed by atoms with Crippen LogP contribution in [0.4, 0.5) is 8.78 Å². The molecular formula is C16H19F2NOS. The molecule has 0 aliphatic heterocycles. The molecule has 0 aliphatic carbocycles. The fourth-order valence-electron chi connectivity index (χ4n) is 2.22. The topological polar surface area (TPSA) is 23.5 Å². The fourth-order valence-corrected chi connectivity index (χ4v) is 3.17. The van der Waals surface area contributed by atoms with Crippen LogP contribution in [-0.2, 0) is 13.1 Å². The number of hydrogen-bond acceptors (Lipinski definition) is 3. The van der Waals surface area contributed by atoms with Crippen LogP contribution in [0.1, 0.15) is 22.9 Å². The molecule has 0 fully saturated rings. The summed E-state index contributed by atoms with van der Waals surface area (Å²) in [6.07, 6.45) is -0.476. The summed E-state index contributed by atoms with van der Waals surface area (Å²) in [7, 11) is 0. The highest BCUT2D eigenvalue weighted by atomic mass is 32.1. The van der Waals surface area contributed by atoms with Crippen molar-refractivity contribution in [1.29, 1.82) is 0 Å². The lowest BCUT2D eigenvalue weighted by Gasteiger charge is -2.23. The number of aliphatic hydroxyl groups is 1. The molecule has 0 amide bonds. The zero-order valence-electron chi connectivity index (χ0n) is 12.1. The van der Waals surface area contributed by atoms with Gasteiger partial charge in [-0.2, -0.15) is 0 Å². The molecule has 0 aliphatic rings. The number of aryl methyl sites for hydroxylation is 1. The molecular weight excluding hydrogens is 292 g/mol. The van der Waals surface area contributed by atoms with Gasteiger partial charge in [0.25, 0.3) is 0 Å². The van der Waals surface area contributed by atoms with Crippen LogP contribution in [0.5, 0.6) is 0 Å². The van der Waals surface area contributed by atoms with Crippen molar-refractivity contribution >= 4 is 11.3 Å². The molecule has 1 aromatic heterocycles. The molecule has 1 heterocycles. The largest absolute Gasteiger partial charge is 0.392 e. The molecule has 0 spiro atoms. The predicted octanol–water partition coefficient (Wildman–Crippen LogP) is 3.72. The smallest absolute Gasteiger partial charge is 0.159 e. The molecule has 2 rings (SSSR count). The molecule has 0 saturated heterocycles. The zero-order valence-corrected chi connectivity index (χ0v) is 13.0. The molecule has 114 valence electrons. The maximum atomic E-state index is 13.3. The summed E-state index contributed by atoms with van der Waals surface area (Å²) in [5, 5.41) is 11.7. The number of benzene rings is 1. The van der Waals surface area contributed by atoms with Crippen molar-refractivity contribution < 1.29 is 13.9 Å². The Morgan fingerprint density at radius 2 is 1.95 bits per heavy atom. The van der Waals surface area contributed by atoms with Crippen molar-refractivity contribution in [2.45, 2.75) is 33.0 Å². The van der Waals surface area contributed by atoms with Crippen LogP contribution in [0.15, 0.2) is 29.6 Å². The standard InChI is InChI=1S/C16H19F2NOS/c1-11-5-6-21-16(11)10-19(8-12(2)20)9-13-3-4-14(17)15(18)7-13/h3-7,12,20H,8-10H2,1-2H3. The Balaban J connectivity index is 2.12. The lowest BCUT2D eigenvalue weighted by atomic mass is 10.2. The average Bonchev–Trinajstić information content (AvgIpc) is 2.79. The van der Waals surface area contributed by atoms with Gasteiger partial charge in [-0.25, -0.2) is 8.78 Å². The van der Waals surface area contributed by atoms with Crippen molar-refractivity contribution in [2.75, 3.05) is 6.54 Å². The van der Waals surface area contributed by atoms with Gasteiger partial charge in [-0.1, -0.05) is 6.07 Å². The summed E-state index contributed by atoms with van der Waals surface area (Å²) in [5.41, 5.74) is 1.91. The molecule has 5 heteroatoms. The first-order valence-electron chi connectivity index (χ1n) is 6.83. The van der Waals surface area contributed by atoms with Crippen molar-refractivity contribution in [3.63, 3.8) is 0 Å². The van der Waals surface area contributed by atoms with E-state index in [1.807, 2.05) is 17.2 Å². The van der Waals surface area contributed by atoms with Crippen LogP contribution < -0.4 is 0 Å². The Kier molecular flexibility index (Phi) is 5.45. The molecule has 1 atom stereocenters. The van der Waals surface area contributed by atoms with Gasteiger partial charge in [0, 0.05) is 24.5 Å². The average molecular weight is 311 g/mol. The number of aliphatic hydroxyl groups excluding tert-OH is 1. The normalized spacial score (nSPS) is 12.9. The maximum Gasteiger partial charge on any atom is 0.159 e. The van der Waals surface area contributed by atoms with Gasteiger partial charge < -0.3 is 5.11 Å². The first-order valence-corrected chi connectivity index (χ1v) is 7.71. The second kappa shape index (κ2) is 7.11. The van der Waals surface area contributed by atoms with E-state index in [9.17, 15) is 13.9 Å². The minimum absolute atomic E-state index is 0.472. The lowest BCUT2D eigenvalue weighted by molar-refractivity contribution is 0.118. The van der Waals surface area contributed by atoms with Crippen LogP contribution >= 0.6 is 11.3 Å². The van der Waals surface area contributed by atoms with Crippen LogP contribution in [0, 0.1) is 18.6 Å². The van der Waals surface area contributed by atoms with E-state index in [2.05, 4.69) is 6.07 Å². The highest BCUT2D eigenvalue weighted by molar-refractivity contribution is 7.10. The lowest BCUT2D eigenvalue weighted by Crippen LogP contribution is -2.30.